The fraction of sp³-hybridized carbons (Fsp3) is 0. The Hall–Kier alpha value is -0.740. The summed E-state index contributed by atoms with van der Waals surface area (Å²) in [5.74, 6) is 0.228. The summed E-state index contributed by atoms with van der Waals surface area (Å²) >= 11 is 0.479. The van der Waals surface area contributed by atoms with Crippen LogP contribution < -0.4 is 0 Å². The molecule has 0 saturated carbocycles. The summed E-state index contributed by atoms with van der Waals surface area (Å²) in [6, 6.07) is 3.01. The van der Waals surface area contributed by atoms with E-state index in [-0.39, 0.29) is 5.76 Å². The molecule has 1 heterocycles. The molecular weight excluding hydrogens is 140 g/mol. The van der Waals surface area contributed by atoms with Gasteiger partial charge in [0.05, 0.1) is 12.0 Å². The minimum absolute atomic E-state index is 0.228. The number of carbonyl (C=O) groups is 1. The van der Waals surface area contributed by atoms with Crippen LogP contribution in [0.3, 0.4) is 0 Å². The maximum Gasteiger partial charge on any atom is 0.187 e. The Labute approximate surface area is 55.9 Å². The molecule has 0 aliphatic heterocycles. The van der Waals surface area contributed by atoms with Gasteiger partial charge in [-0.25, -0.2) is 0 Å². The van der Waals surface area contributed by atoms with E-state index in [1.54, 1.807) is 0 Å². The molecule has 0 unspecified atom stereocenters. The van der Waals surface area contributed by atoms with Crippen LogP contribution in [0.4, 0.5) is 0 Å². The highest BCUT2D eigenvalue weighted by Gasteiger charge is 1.97. The Morgan fingerprint density at radius 2 is 2.44 bits per heavy atom. The van der Waals surface area contributed by atoms with E-state index in [0.29, 0.717) is 23.4 Å². The first-order valence-corrected chi connectivity index (χ1v) is 3.00. The number of rotatable bonds is 2. The van der Waals surface area contributed by atoms with Crippen molar-refractivity contribution in [1.29, 1.82) is 0 Å². The predicted molar refractivity (Wildman–Crippen MR) is 32.6 cm³/mol. The van der Waals surface area contributed by atoms with E-state index in [2.05, 4.69) is 0 Å². The standard InChI is InChI=1S/C5H4O3S/c6-3-4-1-2-5(8-4)9-7/h1-3,7H. The zero-order valence-corrected chi connectivity index (χ0v) is 5.22. The fourth-order valence-electron chi connectivity index (χ4n) is 0.447. The molecule has 3 nitrogen and oxygen atoms in total. The van der Waals surface area contributed by atoms with E-state index in [1.165, 1.54) is 12.1 Å². The lowest BCUT2D eigenvalue weighted by Gasteiger charge is -1.80. The number of carbonyl (C=O) groups excluding carboxylic acids is 1. The quantitative estimate of drug-likeness (QED) is 0.506. The van der Waals surface area contributed by atoms with Gasteiger partial charge in [0.25, 0.3) is 0 Å². The lowest BCUT2D eigenvalue weighted by Crippen LogP contribution is -1.66. The number of aldehydes is 1. The van der Waals surface area contributed by atoms with Crippen molar-refractivity contribution in [1.82, 2.24) is 0 Å². The van der Waals surface area contributed by atoms with Crippen molar-refractivity contribution < 1.29 is 13.8 Å². The van der Waals surface area contributed by atoms with Gasteiger partial charge in [-0.1, -0.05) is 0 Å². The largest absolute Gasteiger partial charge is 0.445 e. The number of hydrogen-bond acceptors (Lipinski definition) is 4. The van der Waals surface area contributed by atoms with Crippen LogP contribution >= 0.6 is 12.0 Å². The SMILES string of the molecule is O=Cc1ccc(SO)o1. The van der Waals surface area contributed by atoms with Gasteiger partial charge in [0.1, 0.15) is 0 Å². The van der Waals surface area contributed by atoms with Crippen molar-refractivity contribution in [2.75, 3.05) is 0 Å². The molecule has 0 aliphatic carbocycles. The first kappa shape index (κ1) is 6.38. The van der Waals surface area contributed by atoms with Gasteiger partial charge < -0.3 is 8.97 Å². The van der Waals surface area contributed by atoms with E-state index in [9.17, 15) is 4.79 Å². The number of furan rings is 1. The van der Waals surface area contributed by atoms with Crippen LogP contribution in [0.25, 0.3) is 0 Å². The topological polar surface area (TPSA) is 50.4 Å². The summed E-state index contributed by atoms with van der Waals surface area (Å²) in [7, 11) is 0. The van der Waals surface area contributed by atoms with Crippen molar-refractivity contribution in [3.63, 3.8) is 0 Å². The van der Waals surface area contributed by atoms with Crippen LogP contribution in [0, 0.1) is 0 Å². The van der Waals surface area contributed by atoms with E-state index in [4.69, 9.17) is 8.97 Å². The monoisotopic (exact) mass is 144 g/mol. The lowest BCUT2D eigenvalue weighted by atomic mass is 10.5. The molecule has 1 aromatic heterocycles. The summed E-state index contributed by atoms with van der Waals surface area (Å²) < 4.78 is 13.1. The number of hydrogen-bond donors (Lipinski definition) is 1. The molecule has 0 amide bonds. The highest BCUT2D eigenvalue weighted by atomic mass is 32.2. The highest BCUT2D eigenvalue weighted by Crippen LogP contribution is 2.15. The molecule has 1 aromatic rings. The summed E-state index contributed by atoms with van der Waals surface area (Å²) in [5.41, 5.74) is 0. The van der Waals surface area contributed by atoms with Gasteiger partial charge >= 0.3 is 0 Å². The molecule has 1 N–H and O–H groups in total. The van der Waals surface area contributed by atoms with E-state index >= 15 is 0 Å². The zero-order chi connectivity index (χ0) is 6.69. The second kappa shape index (κ2) is 2.70. The van der Waals surface area contributed by atoms with Gasteiger partial charge in [-0.2, -0.15) is 0 Å². The molecule has 1 rings (SSSR count). The predicted octanol–water partition coefficient (Wildman–Crippen LogP) is 1.66. The second-order valence-corrected chi connectivity index (χ2v) is 1.95. The summed E-state index contributed by atoms with van der Waals surface area (Å²) in [4.78, 5) is 9.95. The van der Waals surface area contributed by atoms with Gasteiger partial charge in [0.2, 0.25) is 0 Å². The maximum absolute atomic E-state index is 9.95. The van der Waals surface area contributed by atoms with Crippen molar-refractivity contribution in [3.8, 4) is 0 Å². The normalized spacial score (nSPS) is 9.44. The Morgan fingerprint density at radius 3 is 2.78 bits per heavy atom. The molecule has 0 radical (unpaired) electrons. The minimum atomic E-state index is 0.228. The molecule has 0 spiro atoms. The molecule has 0 saturated heterocycles. The van der Waals surface area contributed by atoms with Gasteiger partial charge in [0, 0.05) is 0 Å². The second-order valence-electron chi connectivity index (χ2n) is 1.37. The molecule has 0 aliphatic rings. The average Bonchev–Trinajstić information content (AvgIpc) is 2.34. The Bertz CT molecular complexity index is 206. The minimum Gasteiger partial charge on any atom is -0.445 e. The summed E-state index contributed by atoms with van der Waals surface area (Å²) in [6.07, 6.45) is 0.583. The first-order valence-electron chi connectivity index (χ1n) is 2.23. The average molecular weight is 144 g/mol. The molecule has 9 heavy (non-hydrogen) atoms. The van der Waals surface area contributed by atoms with Gasteiger partial charge in [0.15, 0.2) is 17.1 Å². The van der Waals surface area contributed by atoms with Crippen LogP contribution in [0.1, 0.15) is 10.6 Å². The van der Waals surface area contributed by atoms with Crippen molar-refractivity contribution in [2.45, 2.75) is 5.09 Å². The van der Waals surface area contributed by atoms with Gasteiger partial charge in [-0.05, 0) is 12.1 Å². The van der Waals surface area contributed by atoms with Gasteiger partial charge in [-0.15, -0.1) is 0 Å². The highest BCUT2D eigenvalue weighted by molar-refractivity contribution is 7.93. The Morgan fingerprint density at radius 1 is 1.67 bits per heavy atom. The van der Waals surface area contributed by atoms with Gasteiger partial charge in [-0.3, -0.25) is 4.79 Å². The molecule has 0 atom stereocenters. The van der Waals surface area contributed by atoms with Crippen LogP contribution in [-0.2, 0) is 0 Å². The third kappa shape index (κ3) is 1.34. The molecule has 0 bridgehead atoms. The third-order valence-electron chi connectivity index (χ3n) is 0.808. The summed E-state index contributed by atoms with van der Waals surface area (Å²) in [5, 5.41) is 0.331. The Balaban J connectivity index is 2.86. The fourth-order valence-corrected chi connectivity index (χ4v) is 0.709. The third-order valence-corrected chi connectivity index (χ3v) is 1.21. The Kier molecular flexibility index (Phi) is 1.92. The van der Waals surface area contributed by atoms with E-state index in [0.717, 1.165) is 0 Å². The zero-order valence-electron chi connectivity index (χ0n) is 4.40. The molecule has 0 aromatic carbocycles. The van der Waals surface area contributed by atoms with Crippen LogP contribution in [0.5, 0.6) is 0 Å². The maximum atomic E-state index is 9.95. The lowest BCUT2D eigenvalue weighted by molar-refractivity contribution is 0.109. The van der Waals surface area contributed by atoms with E-state index in [1.807, 2.05) is 0 Å². The van der Waals surface area contributed by atoms with Crippen LogP contribution in [0.2, 0.25) is 0 Å². The molecular formula is C5H4O3S. The summed E-state index contributed by atoms with van der Waals surface area (Å²) in [6.45, 7) is 0. The molecule has 0 fully saturated rings. The van der Waals surface area contributed by atoms with Crippen LogP contribution in [-0.4, -0.2) is 10.8 Å². The molecule has 4 heteroatoms. The smallest absolute Gasteiger partial charge is 0.187 e. The first-order chi connectivity index (χ1) is 4.36. The van der Waals surface area contributed by atoms with Crippen molar-refractivity contribution in [2.24, 2.45) is 0 Å². The molecule has 48 valence electrons. The van der Waals surface area contributed by atoms with Crippen molar-refractivity contribution in [3.05, 3.63) is 17.9 Å². The van der Waals surface area contributed by atoms with Crippen molar-refractivity contribution >= 4 is 18.3 Å². The van der Waals surface area contributed by atoms with Crippen LogP contribution in [0.15, 0.2) is 21.6 Å². The van der Waals surface area contributed by atoms with E-state index < -0.39 is 0 Å².